The van der Waals surface area contributed by atoms with Gasteiger partial charge in [-0.15, -0.1) is 0 Å². The molecular weight excluding hydrogens is 312 g/mol. The summed E-state index contributed by atoms with van der Waals surface area (Å²) < 4.78 is 34.2. The van der Waals surface area contributed by atoms with Crippen molar-refractivity contribution in [2.24, 2.45) is 0 Å². The molecule has 1 fully saturated rings. The maximum absolute atomic E-state index is 12.6. The molecule has 0 aliphatic heterocycles. The van der Waals surface area contributed by atoms with E-state index in [9.17, 15) is 18.4 Å². The van der Waals surface area contributed by atoms with Crippen LogP contribution in [-0.4, -0.2) is 47.7 Å². The molecule has 2 rings (SSSR count). The summed E-state index contributed by atoms with van der Waals surface area (Å²) in [4.78, 5) is 25.0. The van der Waals surface area contributed by atoms with Crippen molar-refractivity contribution in [2.75, 3.05) is 7.11 Å². The Morgan fingerprint density at radius 2 is 1.96 bits per heavy atom. The van der Waals surface area contributed by atoms with E-state index in [0.717, 1.165) is 18.9 Å². The number of carbonyl (C=O) groups excluding carboxylic acids is 1. The van der Waals surface area contributed by atoms with E-state index >= 15 is 0 Å². The van der Waals surface area contributed by atoms with E-state index in [2.05, 4.69) is 4.74 Å². The molecule has 126 valence electrons. The van der Waals surface area contributed by atoms with E-state index in [1.54, 1.807) is 0 Å². The first-order valence-electron chi connectivity index (χ1n) is 7.03. The molecule has 0 saturated heterocycles. The van der Waals surface area contributed by atoms with Gasteiger partial charge in [0.25, 0.3) is 5.91 Å². The zero-order valence-electron chi connectivity index (χ0n) is 12.7. The summed E-state index contributed by atoms with van der Waals surface area (Å²) in [5.41, 5.74) is 0.0708. The van der Waals surface area contributed by atoms with Gasteiger partial charge in [0, 0.05) is 11.6 Å². The maximum Gasteiger partial charge on any atom is 0.387 e. The quantitative estimate of drug-likeness (QED) is 0.831. The number of benzene rings is 1. The highest BCUT2D eigenvalue weighted by molar-refractivity contribution is 5.97. The van der Waals surface area contributed by atoms with Crippen LogP contribution in [0.4, 0.5) is 8.78 Å². The van der Waals surface area contributed by atoms with Gasteiger partial charge in [0.05, 0.1) is 7.11 Å². The predicted octanol–water partition coefficient (Wildman–Crippen LogP) is 2.37. The van der Waals surface area contributed by atoms with Crippen LogP contribution < -0.4 is 9.47 Å². The first kappa shape index (κ1) is 17.0. The molecule has 1 aromatic rings. The molecule has 1 aliphatic rings. The van der Waals surface area contributed by atoms with Crippen molar-refractivity contribution in [2.45, 2.75) is 38.5 Å². The van der Waals surface area contributed by atoms with Crippen molar-refractivity contribution in [3.05, 3.63) is 23.8 Å². The smallest absolute Gasteiger partial charge is 0.387 e. The van der Waals surface area contributed by atoms with Crippen LogP contribution in [-0.2, 0) is 4.79 Å². The lowest BCUT2D eigenvalue weighted by molar-refractivity contribution is -0.141. The van der Waals surface area contributed by atoms with Crippen molar-refractivity contribution in [1.29, 1.82) is 0 Å². The zero-order valence-corrected chi connectivity index (χ0v) is 12.7. The number of carboxylic acid groups (broad SMARTS) is 1. The van der Waals surface area contributed by atoms with Gasteiger partial charge in [-0.25, -0.2) is 4.79 Å². The molecule has 0 aromatic heterocycles. The average molecular weight is 329 g/mol. The maximum atomic E-state index is 12.6. The lowest BCUT2D eigenvalue weighted by atomic mass is 10.1. The van der Waals surface area contributed by atoms with E-state index in [0.29, 0.717) is 0 Å². The normalized spacial score (nSPS) is 15.2. The van der Waals surface area contributed by atoms with Gasteiger partial charge in [-0.05, 0) is 38.0 Å². The van der Waals surface area contributed by atoms with Gasteiger partial charge < -0.3 is 19.5 Å². The Morgan fingerprint density at radius 3 is 2.43 bits per heavy atom. The Bertz CT molecular complexity index is 604. The number of hydrogen-bond donors (Lipinski definition) is 1. The highest BCUT2D eigenvalue weighted by Gasteiger charge is 2.39. The summed E-state index contributed by atoms with van der Waals surface area (Å²) in [6.07, 6.45) is 1.44. The molecule has 1 amide bonds. The summed E-state index contributed by atoms with van der Waals surface area (Å²) >= 11 is 0. The second-order valence-electron chi connectivity index (χ2n) is 5.20. The topological polar surface area (TPSA) is 76.1 Å². The molecule has 1 saturated carbocycles. The third-order valence-electron chi connectivity index (χ3n) is 3.58. The highest BCUT2D eigenvalue weighted by Crippen LogP contribution is 2.33. The molecule has 1 aliphatic carbocycles. The Hall–Kier alpha value is -2.38. The van der Waals surface area contributed by atoms with E-state index in [1.807, 2.05) is 0 Å². The number of carbonyl (C=O) groups is 2. The van der Waals surface area contributed by atoms with Crippen LogP contribution in [0.15, 0.2) is 18.2 Å². The molecule has 1 atom stereocenters. The number of methoxy groups -OCH3 is 1. The summed E-state index contributed by atoms with van der Waals surface area (Å²) in [5.74, 6) is -1.87. The SMILES string of the molecule is COc1ccc(C(=O)N(C2CC2)C(C)C(=O)O)cc1OC(F)F. The van der Waals surface area contributed by atoms with E-state index in [1.165, 1.54) is 31.1 Å². The summed E-state index contributed by atoms with van der Waals surface area (Å²) in [6, 6.07) is 2.72. The summed E-state index contributed by atoms with van der Waals surface area (Å²) in [6.45, 7) is -1.65. The average Bonchev–Trinajstić information content (AvgIpc) is 3.31. The number of amides is 1. The van der Waals surface area contributed by atoms with Crippen LogP contribution in [0.25, 0.3) is 0 Å². The van der Waals surface area contributed by atoms with Gasteiger partial charge in [0.1, 0.15) is 6.04 Å². The largest absolute Gasteiger partial charge is 0.493 e. The van der Waals surface area contributed by atoms with Crippen LogP contribution in [0.1, 0.15) is 30.1 Å². The molecule has 8 heteroatoms. The molecule has 0 radical (unpaired) electrons. The van der Waals surface area contributed by atoms with Gasteiger partial charge in [0.2, 0.25) is 0 Å². The van der Waals surface area contributed by atoms with Gasteiger partial charge in [-0.2, -0.15) is 8.78 Å². The first-order chi connectivity index (χ1) is 10.8. The van der Waals surface area contributed by atoms with Gasteiger partial charge >= 0.3 is 12.6 Å². The summed E-state index contributed by atoms with van der Waals surface area (Å²) in [7, 11) is 1.29. The third-order valence-corrected chi connectivity index (χ3v) is 3.58. The number of aliphatic carboxylic acids is 1. The Morgan fingerprint density at radius 1 is 1.30 bits per heavy atom. The number of alkyl halides is 2. The highest BCUT2D eigenvalue weighted by atomic mass is 19.3. The molecule has 0 heterocycles. The van der Waals surface area contributed by atoms with Crippen molar-refractivity contribution < 1.29 is 33.0 Å². The van der Waals surface area contributed by atoms with E-state index in [4.69, 9.17) is 9.84 Å². The lowest BCUT2D eigenvalue weighted by Gasteiger charge is -2.26. The van der Waals surface area contributed by atoms with Crippen molar-refractivity contribution in [3.8, 4) is 11.5 Å². The Labute approximate surface area is 131 Å². The lowest BCUT2D eigenvalue weighted by Crippen LogP contribution is -2.44. The fourth-order valence-corrected chi connectivity index (χ4v) is 2.28. The zero-order chi connectivity index (χ0) is 17.1. The van der Waals surface area contributed by atoms with Crippen LogP contribution in [0.2, 0.25) is 0 Å². The minimum Gasteiger partial charge on any atom is -0.493 e. The van der Waals surface area contributed by atoms with Gasteiger partial charge in [-0.1, -0.05) is 0 Å². The minimum absolute atomic E-state index is 0.0612. The van der Waals surface area contributed by atoms with Crippen molar-refractivity contribution in [1.82, 2.24) is 4.90 Å². The number of carboxylic acids is 1. The molecule has 0 spiro atoms. The number of nitrogens with zero attached hydrogens (tertiary/aromatic N) is 1. The predicted molar refractivity (Wildman–Crippen MR) is 75.9 cm³/mol. The van der Waals surface area contributed by atoms with E-state index < -0.39 is 24.5 Å². The molecule has 1 aromatic carbocycles. The molecule has 1 unspecified atom stereocenters. The van der Waals surface area contributed by atoms with Crippen LogP contribution in [0, 0.1) is 0 Å². The molecule has 1 N–H and O–H groups in total. The Balaban J connectivity index is 2.31. The molecule has 0 bridgehead atoms. The van der Waals surface area contributed by atoms with Gasteiger partial charge in [-0.3, -0.25) is 4.79 Å². The van der Waals surface area contributed by atoms with Gasteiger partial charge in [0.15, 0.2) is 11.5 Å². The van der Waals surface area contributed by atoms with Crippen LogP contribution in [0.3, 0.4) is 0 Å². The fourth-order valence-electron chi connectivity index (χ4n) is 2.28. The third kappa shape index (κ3) is 3.88. The number of halogens is 2. The number of ether oxygens (including phenoxy) is 2. The van der Waals surface area contributed by atoms with Crippen LogP contribution >= 0.6 is 0 Å². The summed E-state index contributed by atoms with van der Waals surface area (Å²) in [5, 5.41) is 9.14. The minimum atomic E-state index is -3.06. The van der Waals surface area contributed by atoms with Crippen molar-refractivity contribution >= 4 is 11.9 Å². The molecular formula is C15H17F2NO5. The second-order valence-corrected chi connectivity index (χ2v) is 5.20. The molecule has 6 nitrogen and oxygen atoms in total. The number of hydrogen-bond acceptors (Lipinski definition) is 4. The number of rotatable bonds is 7. The monoisotopic (exact) mass is 329 g/mol. The van der Waals surface area contributed by atoms with Crippen LogP contribution in [0.5, 0.6) is 11.5 Å². The standard InChI is InChI=1S/C15H17F2NO5/c1-8(14(20)21)18(10-4-5-10)13(19)9-3-6-11(22-2)12(7-9)23-15(16)17/h3,6-8,10,15H,4-5H2,1-2H3,(H,20,21). The first-order valence-corrected chi connectivity index (χ1v) is 7.03. The van der Waals surface area contributed by atoms with Crippen molar-refractivity contribution in [3.63, 3.8) is 0 Å². The molecule has 23 heavy (non-hydrogen) atoms. The second kappa shape index (κ2) is 6.80. The Kier molecular flexibility index (Phi) is 5.02. The fraction of sp³-hybridized carbons (Fsp3) is 0.467. The van der Waals surface area contributed by atoms with E-state index in [-0.39, 0.29) is 23.1 Å².